The number of pyridine rings is 1. The summed E-state index contributed by atoms with van der Waals surface area (Å²) in [6, 6.07) is 8.28. The van der Waals surface area contributed by atoms with Crippen molar-refractivity contribution in [3.8, 4) is 0 Å². The molecular formula is C19H24N4O3S. The lowest BCUT2D eigenvalue weighted by Crippen LogP contribution is -2.25. The number of nitrogens with one attached hydrogen (secondary N) is 2. The smallest absolute Gasteiger partial charge is 0.261 e. The fourth-order valence-corrected chi connectivity index (χ4v) is 4.13. The molecule has 144 valence electrons. The average Bonchev–Trinajstić information content (AvgIpc) is 3.06. The molecule has 2 heterocycles. The number of amides is 1. The van der Waals surface area contributed by atoms with Gasteiger partial charge >= 0.3 is 0 Å². The zero-order chi connectivity index (χ0) is 19.4. The van der Waals surface area contributed by atoms with Crippen LogP contribution in [-0.2, 0) is 21.2 Å². The lowest BCUT2D eigenvalue weighted by molar-refractivity contribution is -0.116. The number of sulfonamides is 1. The van der Waals surface area contributed by atoms with Crippen molar-refractivity contribution in [3.05, 3.63) is 42.1 Å². The molecular weight excluding hydrogens is 364 g/mol. The lowest BCUT2D eigenvalue weighted by atomic mass is 10.2. The number of carbonyl (C=O) groups excluding carboxylic acids is 1. The number of rotatable bonds is 7. The van der Waals surface area contributed by atoms with E-state index in [2.05, 4.69) is 21.9 Å². The number of aromatic nitrogens is 1. The predicted octanol–water partition coefficient (Wildman–Crippen LogP) is 3.00. The third kappa shape index (κ3) is 4.39. The van der Waals surface area contributed by atoms with Crippen LogP contribution in [0.4, 0.5) is 17.2 Å². The summed E-state index contributed by atoms with van der Waals surface area (Å²) >= 11 is 0. The van der Waals surface area contributed by atoms with Crippen molar-refractivity contribution in [2.75, 3.05) is 28.0 Å². The van der Waals surface area contributed by atoms with Gasteiger partial charge in [-0.05, 0) is 48.7 Å². The van der Waals surface area contributed by atoms with E-state index in [9.17, 15) is 13.2 Å². The molecule has 2 N–H and O–H groups in total. The third-order valence-corrected chi connectivity index (χ3v) is 5.87. The Morgan fingerprint density at radius 3 is 2.74 bits per heavy atom. The van der Waals surface area contributed by atoms with Crippen molar-refractivity contribution in [2.45, 2.75) is 38.0 Å². The molecule has 3 rings (SSSR count). The normalized spacial score (nSPS) is 13.3. The Morgan fingerprint density at radius 1 is 1.26 bits per heavy atom. The van der Waals surface area contributed by atoms with E-state index in [0.29, 0.717) is 24.5 Å². The van der Waals surface area contributed by atoms with E-state index in [1.807, 2.05) is 0 Å². The Kier molecular flexibility index (Phi) is 5.65. The van der Waals surface area contributed by atoms with Gasteiger partial charge in [0.25, 0.3) is 10.0 Å². The van der Waals surface area contributed by atoms with Gasteiger partial charge in [-0.2, -0.15) is 0 Å². The minimum atomic E-state index is -3.72. The number of benzene rings is 1. The van der Waals surface area contributed by atoms with E-state index in [1.165, 1.54) is 19.2 Å². The quantitative estimate of drug-likeness (QED) is 0.712. The maximum Gasteiger partial charge on any atom is 0.261 e. The molecule has 1 amide bonds. The van der Waals surface area contributed by atoms with Crippen LogP contribution in [0.25, 0.3) is 0 Å². The summed E-state index contributed by atoms with van der Waals surface area (Å²) in [5, 5.41) is 3.19. The summed E-state index contributed by atoms with van der Waals surface area (Å²) < 4.78 is 27.9. The number of hydrogen-bond donors (Lipinski definition) is 2. The molecule has 1 aromatic carbocycles. The first-order chi connectivity index (χ1) is 12.9. The second-order valence-electron chi connectivity index (χ2n) is 6.53. The van der Waals surface area contributed by atoms with Crippen LogP contribution in [0.1, 0.15) is 32.3 Å². The third-order valence-electron chi connectivity index (χ3n) is 4.49. The zero-order valence-electron chi connectivity index (χ0n) is 15.5. The molecule has 1 aliphatic heterocycles. The number of nitrogens with zero attached hydrogens (tertiary/aromatic N) is 2. The van der Waals surface area contributed by atoms with Crippen molar-refractivity contribution in [3.63, 3.8) is 0 Å². The largest absolute Gasteiger partial charge is 0.370 e. The molecule has 0 atom stereocenters. The van der Waals surface area contributed by atoms with E-state index in [0.717, 1.165) is 30.6 Å². The number of anilines is 3. The Bertz CT molecular complexity index is 926. The first kappa shape index (κ1) is 19.2. The summed E-state index contributed by atoms with van der Waals surface area (Å²) in [7, 11) is -3.72. The summed E-state index contributed by atoms with van der Waals surface area (Å²) in [5.41, 5.74) is 2.05. The van der Waals surface area contributed by atoms with Gasteiger partial charge in [0.1, 0.15) is 5.82 Å². The highest BCUT2D eigenvalue weighted by Gasteiger charge is 2.24. The SMILES string of the molecule is CCCCNc1ccc(NS(=O)(=O)c2ccc3c(c2)CCN3C(C)=O)cn1. The van der Waals surface area contributed by atoms with Crippen LogP contribution >= 0.6 is 0 Å². The summed E-state index contributed by atoms with van der Waals surface area (Å²) in [6.07, 6.45) is 4.29. The summed E-state index contributed by atoms with van der Waals surface area (Å²) in [5.74, 6) is 0.675. The summed E-state index contributed by atoms with van der Waals surface area (Å²) in [6.45, 7) is 5.04. The molecule has 0 bridgehead atoms. The molecule has 8 heteroatoms. The molecule has 0 fully saturated rings. The van der Waals surface area contributed by atoms with Gasteiger partial charge in [-0.3, -0.25) is 9.52 Å². The van der Waals surface area contributed by atoms with Gasteiger partial charge < -0.3 is 10.2 Å². The molecule has 1 aliphatic rings. The molecule has 1 aromatic heterocycles. The number of hydrogen-bond acceptors (Lipinski definition) is 5. The van der Waals surface area contributed by atoms with Crippen LogP contribution in [0.5, 0.6) is 0 Å². The van der Waals surface area contributed by atoms with Gasteiger partial charge in [-0.1, -0.05) is 13.3 Å². The van der Waals surface area contributed by atoms with Crippen molar-refractivity contribution in [1.82, 2.24) is 4.98 Å². The van der Waals surface area contributed by atoms with Gasteiger partial charge in [-0.15, -0.1) is 0 Å². The highest BCUT2D eigenvalue weighted by atomic mass is 32.2. The lowest BCUT2D eigenvalue weighted by Gasteiger charge is -2.15. The molecule has 0 aliphatic carbocycles. The predicted molar refractivity (Wildman–Crippen MR) is 107 cm³/mol. The first-order valence-corrected chi connectivity index (χ1v) is 10.5. The van der Waals surface area contributed by atoms with Crippen molar-refractivity contribution in [1.29, 1.82) is 0 Å². The molecule has 2 aromatic rings. The van der Waals surface area contributed by atoms with Gasteiger partial charge in [0.15, 0.2) is 0 Å². The van der Waals surface area contributed by atoms with Gasteiger partial charge in [-0.25, -0.2) is 13.4 Å². The zero-order valence-corrected chi connectivity index (χ0v) is 16.3. The minimum Gasteiger partial charge on any atom is -0.370 e. The van der Waals surface area contributed by atoms with Crippen molar-refractivity contribution in [2.24, 2.45) is 0 Å². The Labute approximate surface area is 159 Å². The second kappa shape index (κ2) is 7.96. The monoisotopic (exact) mass is 388 g/mol. The van der Waals surface area contributed by atoms with Crippen molar-refractivity contribution < 1.29 is 13.2 Å². The fraction of sp³-hybridized carbons (Fsp3) is 0.368. The number of unbranched alkanes of at least 4 members (excludes halogenated alkanes) is 1. The van der Waals surface area contributed by atoms with Crippen LogP contribution in [0.15, 0.2) is 41.4 Å². The maximum absolute atomic E-state index is 12.7. The highest BCUT2D eigenvalue weighted by Crippen LogP contribution is 2.30. The van der Waals surface area contributed by atoms with Gasteiger partial charge in [0.05, 0.1) is 16.8 Å². The van der Waals surface area contributed by atoms with Crippen LogP contribution in [0, 0.1) is 0 Å². The van der Waals surface area contributed by atoms with E-state index >= 15 is 0 Å². The topological polar surface area (TPSA) is 91.4 Å². The van der Waals surface area contributed by atoms with Crippen LogP contribution in [0.2, 0.25) is 0 Å². The molecule has 0 saturated heterocycles. The molecule has 0 spiro atoms. The Balaban J connectivity index is 1.73. The standard InChI is InChI=1S/C19H24N4O3S/c1-3-4-10-20-19-8-5-16(13-21-19)22-27(25,26)17-6-7-18-15(12-17)9-11-23(18)14(2)24/h5-8,12-13,22H,3-4,9-11H2,1-2H3,(H,20,21). The molecule has 0 radical (unpaired) electrons. The number of fused-ring (bicyclic) bond motifs is 1. The fourth-order valence-electron chi connectivity index (χ4n) is 3.04. The average molecular weight is 388 g/mol. The number of carbonyl (C=O) groups is 1. The molecule has 0 unspecified atom stereocenters. The highest BCUT2D eigenvalue weighted by molar-refractivity contribution is 7.92. The van der Waals surface area contributed by atoms with E-state index in [1.54, 1.807) is 29.2 Å². The summed E-state index contributed by atoms with van der Waals surface area (Å²) in [4.78, 5) is 17.7. The van der Waals surface area contributed by atoms with Gasteiger partial charge in [0, 0.05) is 25.7 Å². The van der Waals surface area contributed by atoms with Gasteiger partial charge in [0.2, 0.25) is 5.91 Å². The maximum atomic E-state index is 12.7. The van der Waals surface area contributed by atoms with Crippen LogP contribution < -0.4 is 14.9 Å². The Morgan fingerprint density at radius 2 is 2.07 bits per heavy atom. The van der Waals surface area contributed by atoms with E-state index in [4.69, 9.17) is 0 Å². The molecule has 0 saturated carbocycles. The minimum absolute atomic E-state index is 0.0406. The first-order valence-electron chi connectivity index (χ1n) is 9.04. The van der Waals surface area contributed by atoms with Crippen molar-refractivity contribution >= 4 is 33.1 Å². The van der Waals surface area contributed by atoms with E-state index in [-0.39, 0.29) is 10.8 Å². The van der Waals surface area contributed by atoms with Crippen LogP contribution in [-0.4, -0.2) is 32.4 Å². The van der Waals surface area contributed by atoms with E-state index < -0.39 is 10.0 Å². The van der Waals surface area contributed by atoms with Crippen LogP contribution in [0.3, 0.4) is 0 Å². The molecule has 27 heavy (non-hydrogen) atoms. The second-order valence-corrected chi connectivity index (χ2v) is 8.21. The Hall–Kier alpha value is -2.61. The molecule has 7 nitrogen and oxygen atoms in total.